The summed E-state index contributed by atoms with van der Waals surface area (Å²) in [6.07, 6.45) is 4.15. The van der Waals surface area contributed by atoms with Crippen LogP contribution in [-0.4, -0.2) is 0 Å². The van der Waals surface area contributed by atoms with Gasteiger partial charge in [-0.25, -0.2) is 8.96 Å². The van der Waals surface area contributed by atoms with Crippen LogP contribution in [0.2, 0.25) is 0 Å². The number of hydrogen-bond acceptors (Lipinski definition) is 1. The summed E-state index contributed by atoms with van der Waals surface area (Å²) in [5.74, 6) is -0.253. The van der Waals surface area contributed by atoms with E-state index in [0.29, 0.717) is 11.1 Å². The summed E-state index contributed by atoms with van der Waals surface area (Å²) in [7, 11) is 2.03. The van der Waals surface area contributed by atoms with E-state index in [4.69, 9.17) is 4.42 Å². The normalized spacial score (nSPS) is 14.6. The van der Waals surface area contributed by atoms with Crippen LogP contribution in [0.4, 0.5) is 4.39 Å². The van der Waals surface area contributed by atoms with Crippen molar-refractivity contribution in [3.8, 4) is 11.3 Å². The van der Waals surface area contributed by atoms with Crippen LogP contribution >= 0.6 is 0 Å². The zero-order chi connectivity index (χ0) is 22.9. The second kappa shape index (κ2) is 6.89. The van der Waals surface area contributed by atoms with Gasteiger partial charge in [-0.1, -0.05) is 50.2 Å². The van der Waals surface area contributed by atoms with Gasteiger partial charge < -0.3 is 4.42 Å². The fourth-order valence-corrected chi connectivity index (χ4v) is 5.39. The van der Waals surface area contributed by atoms with Gasteiger partial charge in [-0.2, -0.15) is 0 Å². The molecule has 1 aliphatic rings. The molecule has 33 heavy (non-hydrogen) atoms. The Morgan fingerprint density at radius 3 is 2.27 bits per heavy atom. The first-order chi connectivity index (χ1) is 15.9. The molecule has 0 spiro atoms. The highest BCUT2D eigenvalue weighted by molar-refractivity contribution is 6.13. The van der Waals surface area contributed by atoms with Crippen molar-refractivity contribution in [1.29, 1.82) is 0 Å². The maximum Gasteiger partial charge on any atom is 0.216 e. The molecule has 0 radical (unpaired) electrons. The van der Waals surface area contributed by atoms with Crippen LogP contribution in [-0.2, 0) is 12.5 Å². The third-order valence-electron chi connectivity index (χ3n) is 7.15. The summed E-state index contributed by atoms with van der Waals surface area (Å²) in [6.45, 7) is 6.41. The molecule has 2 heterocycles. The van der Waals surface area contributed by atoms with Gasteiger partial charge in [0.2, 0.25) is 5.69 Å². The lowest BCUT2D eigenvalue weighted by atomic mass is 9.78. The summed E-state index contributed by atoms with van der Waals surface area (Å²) in [5, 5.41) is 1.94. The number of nitrogens with zero attached hydrogens (tertiary/aromatic N) is 1. The van der Waals surface area contributed by atoms with Crippen LogP contribution in [0.5, 0.6) is 0 Å². The molecule has 0 saturated heterocycles. The van der Waals surface area contributed by atoms with Gasteiger partial charge in [0, 0.05) is 28.3 Å². The summed E-state index contributed by atoms with van der Waals surface area (Å²) in [6, 6.07) is 22.1. The van der Waals surface area contributed by atoms with E-state index in [1.807, 2.05) is 43.6 Å². The zero-order valence-corrected chi connectivity index (χ0v) is 19.2. The molecule has 0 N–H and O–H groups in total. The number of pyridine rings is 1. The van der Waals surface area contributed by atoms with Gasteiger partial charge in [0.15, 0.2) is 6.20 Å². The number of hydrogen-bond donors (Lipinski definition) is 0. The first-order valence-corrected chi connectivity index (χ1v) is 11.3. The van der Waals surface area contributed by atoms with Gasteiger partial charge in [0.1, 0.15) is 24.0 Å². The van der Waals surface area contributed by atoms with E-state index < -0.39 is 0 Å². The number of aryl methyl sites for hydroxylation is 2. The van der Waals surface area contributed by atoms with E-state index in [0.717, 1.165) is 44.3 Å². The Bertz CT molecular complexity index is 1620. The molecule has 3 aromatic carbocycles. The quantitative estimate of drug-likeness (QED) is 0.265. The minimum Gasteiger partial charge on any atom is -0.454 e. The Kier molecular flexibility index (Phi) is 4.16. The van der Waals surface area contributed by atoms with Crippen LogP contribution in [0, 0.1) is 12.7 Å². The maximum atomic E-state index is 15.5. The number of benzene rings is 3. The average Bonchev–Trinajstić information content (AvgIpc) is 3.29. The summed E-state index contributed by atoms with van der Waals surface area (Å²) >= 11 is 0. The Morgan fingerprint density at radius 2 is 1.52 bits per heavy atom. The van der Waals surface area contributed by atoms with E-state index in [1.165, 1.54) is 5.56 Å². The van der Waals surface area contributed by atoms with Crippen LogP contribution < -0.4 is 4.57 Å². The van der Waals surface area contributed by atoms with Gasteiger partial charge in [0.25, 0.3) is 0 Å². The number of aromatic nitrogens is 1. The van der Waals surface area contributed by atoms with Crippen molar-refractivity contribution in [2.45, 2.75) is 26.2 Å². The Morgan fingerprint density at radius 1 is 0.818 bits per heavy atom. The van der Waals surface area contributed by atoms with Gasteiger partial charge in [0.05, 0.1) is 11.1 Å². The van der Waals surface area contributed by atoms with Crippen molar-refractivity contribution in [2.24, 2.45) is 7.05 Å². The lowest BCUT2D eigenvalue weighted by Crippen LogP contribution is -2.30. The van der Waals surface area contributed by atoms with E-state index >= 15 is 4.39 Å². The minimum absolute atomic E-state index is 0.253. The number of halogens is 1. The lowest BCUT2D eigenvalue weighted by Gasteiger charge is -2.25. The van der Waals surface area contributed by atoms with Crippen LogP contribution in [0.15, 0.2) is 77.3 Å². The first-order valence-electron chi connectivity index (χ1n) is 11.3. The van der Waals surface area contributed by atoms with Crippen LogP contribution in [0.1, 0.15) is 36.1 Å². The van der Waals surface area contributed by atoms with Crippen molar-refractivity contribution in [3.63, 3.8) is 0 Å². The van der Waals surface area contributed by atoms with Crippen molar-refractivity contribution < 1.29 is 13.4 Å². The summed E-state index contributed by atoms with van der Waals surface area (Å²) in [5.41, 5.74) is 8.18. The molecule has 2 nitrogen and oxygen atoms in total. The predicted octanol–water partition coefficient (Wildman–Crippen LogP) is 7.36. The molecular weight excluding hydrogens is 409 g/mol. The zero-order valence-electron chi connectivity index (χ0n) is 19.2. The van der Waals surface area contributed by atoms with Crippen LogP contribution in [0.3, 0.4) is 0 Å². The van der Waals surface area contributed by atoms with Gasteiger partial charge >= 0.3 is 0 Å². The second-order valence-electron chi connectivity index (χ2n) is 9.50. The number of rotatable bonds is 2. The highest BCUT2D eigenvalue weighted by Gasteiger charge is 2.36. The van der Waals surface area contributed by atoms with Gasteiger partial charge in [-0.3, -0.25) is 0 Å². The average molecular weight is 435 g/mol. The topological polar surface area (TPSA) is 17.0 Å². The minimum atomic E-state index is -0.324. The third kappa shape index (κ3) is 2.75. The molecule has 0 aliphatic heterocycles. The molecule has 0 saturated carbocycles. The predicted molar refractivity (Wildman–Crippen MR) is 132 cm³/mol. The van der Waals surface area contributed by atoms with Gasteiger partial charge in [-0.05, 0) is 53.5 Å². The molecule has 2 aromatic heterocycles. The van der Waals surface area contributed by atoms with Crippen molar-refractivity contribution >= 4 is 33.6 Å². The molecule has 0 atom stereocenters. The Labute approximate surface area is 192 Å². The third-order valence-corrected chi connectivity index (χ3v) is 7.15. The number of furan rings is 1. The van der Waals surface area contributed by atoms with Crippen LogP contribution in [0.25, 0.3) is 44.8 Å². The SMILES string of the molecule is Cc1ccc2c(oc3c(C4=Cc5ccccc5C4(C)C)c(F)ccc32)c1-c1cccc[n+]1C. The summed E-state index contributed by atoms with van der Waals surface area (Å²) < 4.78 is 24.2. The fraction of sp³-hybridized carbons (Fsp3) is 0.167. The van der Waals surface area contributed by atoms with Crippen molar-refractivity contribution in [2.75, 3.05) is 0 Å². The fourth-order valence-electron chi connectivity index (χ4n) is 5.39. The molecule has 162 valence electrons. The monoisotopic (exact) mass is 434 g/mol. The molecule has 0 bridgehead atoms. The molecule has 6 rings (SSSR count). The van der Waals surface area contributed by atoms with Crippen molar-refractivity contribution in [1.82, 2.24) is 0 Å². The highest BCUT2D eigenvalue weighted by atomic mass is 19.1. The molecule has 0 fully saturated rings. The smallest absolute Gasteiger partial charge is 0.216 e. The number of fused-ring (bicyclic) bond motifs is 4. The van der Waals surface area contributed by atoms with E-state index in [2.05, 4.69) is 61.7 Å². The van der Waals surface area contributed by atoms with E-state index in [-0.39, 0.29) is 11.2 Å². The first kappa shape index (κ1) is 19.9. The molecule has 5 aromatic rings. The molecular formula is C30H25FNO+. The molecule has 1 aliphatic carbocycles. The number of allylic oxidation sites excluding steroid dienone is 1. The van der Waals surface area contributed by atoms with Crippen molar-refractivity contribution in [3.05, 3.63) is 101 Å². The largest absolute Gasteiger partial charge is 0.454 e. The van der Waals surface area contributed by atoms with E-state index in [1.54, 1.807) is 6.07 Å². The molecule has 0 amide bonds. The maximum absolute atomic E-state index is 15.5. The standard InChI is InChI=1S/C30H25FNO/c1-18-12-13-20-21-14-15-24(31)27(23-17-19-9-5-6-10-22(19)30(23,2)3)29(21)33-28(20)26(18)25-11-7-8-16-32(25)4/h5-17H,1-4H3/q+1. The Balaban J connectivity index is 1.69. The van der Waals surface area contributed by atoms with Gasteiger partial charge in [-0.15, -0.1) is 0 Å². The Hall–Kier alpha value is -3.72. The molecule has 3 heteroatoms. The highest BCUT2D eigenvalue weighted by Crippen LogP contribution is 2.50. The summed E-state index contributed by atoms with van der Waals surface area (Å²) in [4.78, 5) is 0. The van der Waals surface area contributed by atoms with E-state index in [9.17, 15) is 0 Å². The second-order valence-corrected chi connectivity index (χ2v) is 9.50. The molecule has 0 unspecified atom stereocenters. The lowest BCUT2D eigenvalue weighted by molar-refractivity contribution is -0.660.